The van der Waals surface area contributed by atoms with E-state index in [9.17, 15) is 13.6 Å². The van der Waals surface area contributed by atoms with E-state index in [1.54, 1.807) is 12.1 Å². The number of nitrogens with one attached hydrogen (secondary N) is 2. The standard InChI is InChI=1S/C16H12F2N4O2/c17-11-3-4-14(13(18)6-11)22-16-20-7-10(8-21-16)15(23)19-9-12-2-1-5-24-12/h1-8H,9H2,(H,19,23)(H,20,21,22). The van der Waals surface area contributed by atoms with Crippen molar-refractivity contribution in [1.29, 1.82) is 0 Å². The second-order valence-corrected chi connectivity index (χ2v) is 4.81. The fraction of sp³-hybridized carbons (Fsp3) is 0.0625. The molecule has 0 aliphatic rings. The van der Waals surface area contributed by atoms with Gasteiger partial charge in [-0.25, -0.2) is 18.7 Å². The predicted octanol–water partition coefficient (Wildman–Crippen LogP) is 3.02. The molecule has 0 fully saturated rings. The van der Waals surface area contributed by atoms with Gasteiger partial charge in [-0.05, 0) is 24.3 Å². The van der Waals surface area contributed by atoms with Crippen molar-refractivity contribution in [2.45, 2.75) is 6.54 Å². The van der Waals surface area contributed by atoms with Gasteiger partial charge in [-0.2, -0.15) is 0 Å². The first-order chi connectivity index (χ1) is 11.6. The van der Waals surface area contributed by atoms with E-state index in [2.05, 4.69) is 20.6 Å². The Morgan fingerprint density at radius 3 is 2.62 bits per heavy atom. The maximum absolute atomic E-state index is 13.5. The van der Waals surface area contributed by atoms with E-state index >= 15 is 0 Å². The molecule has 0 aliphatic heterocycles. The van der Waals surface area contributed by atoms with Gasteiger partial charge in [-0.15, -0.1) is 0 Å². The third-order valence-corrected chi connectivity index (χ3v) is 3.09. The lowest BCUT2D eigenvalue weighted by Crippen LogP contribution is -2.23. The molecule has 0 bridgehead atoms. The summed E-state index contributed by atoms with van der Waals surface area (Å²) in [4.78, 5) is 19.8. The minimum absolute atomic E-state index is 0.0337. The van der Waals surface area contributed by atoms with Gasteiger partial charge in [0, 0.05) is 18.5 Å². The molecule has 24 heavy (non-hydrogen) atoms. The molecule has 6 nitrogen and oxygen atoms in total. The molecule has 2 heterocycles. The van der Waals surface area contributed by atoms with Crippen LogP contribution < -0.4 is 10.6 Å². The Hall–Kier alpha value is -3.29. The lowest BCUT2D eigenvalue weighted by molar-refractivity contribution is 0.0947. The highest BCUT2D eigenvalue weighted by atomic mass is 19.1. The van der Waals surface area contributed by atoms with Crippen LogP contribution >= 0.6 is 0 Å². The van der Waals surface area contributed by atoms with Crippen LogP contribution in [-0.4, -0.2) is 15.9 Å². The second-order valence-electron chi connectivity index (χ2n) is 4.81. The number of benzene rings is 1. The van der Waals surface area contributed by atoms with Gasteiger partial charge in [-0.3, -0.25) is 4.79 Å². The van der Waals surface area contributed by atoms with Gasteiger partial charge >= 0.3 is 0 Å². The molecule has 0 saturated carbocycles. The van der Waals surface area contributed by atoms with Crippen molar-refractivity contribution in [3.63, 3.8) is 0 Å². The van der Waals surface area contributed by atoms with Crippen molar-refractivity contribution < 1.29 is 18.0 Å². The number of hydrogen-bond acceptors (Lipinski definition) is 5. The maximum Gasteiger partial charge on any atom is 0.254 e. The van der Waals surface area contributed by atoms with Gasteiger partial charge < -0.3 is 15.1 Å². The van der Waals surface area contributed by atoms with Crippen LogP contribution in [-0.2, 0) is 6.54 Å². The zero-order valence-corrected chi connectivity index (χ0v) is 12.3. The SMILES string of the molecule is O=C(NCc1ccco1)c1cnc(Nc2ccc(F)cc2F)nc1. The molecule has 0 unspecified atom stereocenters. The lowest BCUT2D eigenvalue weighted by atomic mass is 10.3. The fourth-order valence-corrected chi connectivity index (χ4v) is 1.90. The van der Waals surface area contributed by atoms with Crippen LogP contribution in [0.4, 0.5) is 20.4 Å². The second kappa shape index (κ2) is 6.86. The zero-order valence-electron chi connectivity index (χ0n) is 12.3. The highest BCUT2D eigenvalue weighted by Crippen LogP contribution is 2.18. The molecule has 122 valence electrons. The van der Waals surface area contributed by atoms with E-state index in [4.69, 9.17) is 4.42 Å². The van der Waals surface area contributed by atoms with E-state index in [1.165, 1.54) is 24.7 Å². The monoisotopic (exact) mass is 330 g/mol. The number of anilines is 2. The molecule has 0 atom stereocenters. The van der Waals surface area contributed by atoms with Gasteiger partial charge in [0.05, 0.1) is 24.1 Å². The van der Waals surface area contributed by atoms with Gasteiger partial charge in [-0.1, -0.05) is 0 Å². The van der Waals surface area contributed by atoms with Crippen molar-refractivity contribution in [1.82, 2.24) is 15.3 Å². The van der Waals surface area contributed by atoms with Crippen molar-refractivity contribution in [2.24, 2.45) is 0 Å². The summed E-state index contributed by atoms with van der Waals surface area (Å²) in [6.07, 6.45) is 4.11. The number of nitrogens with zero attached hydrogens (tertiary/aromatic N) is 2. The molecule has 0 aliphatic carbocycles. The van der Waals surface area contributed by atoms with E-state index in [1.807, 2.05) is 0 Å². The molecule has 2 N–H and O–H groups in total. The topological polar surface area (TPSA) is 80.0 Å². The predicted molar refractivity (Wildman–Crippen MR) is 81.6 cm³/mol. The first-order valence-corrected chi connectivity index (χ1v) is 6.96. The summed E-state index contributed by atoms with van der Waals surface area (Å²) in [6, 6.07) is 6.55. The van der Waals surface area contributed by atoms with Crippen LogP contribution in [0.3, 0.4) is 0 Å². The highest BCUT2D eigenvalue weighted by Gasteiger charge is 2.09. The molecule has 0 saturated heterocycles. The number of aromatic nitrogens is 2. The number of hydrogen-bond donors (Lipinski definition) is 2. The van der Waals surface area contributed by atoms with Gasteiger partial charge in [0.25, 0.3) is 5.91 Å². The normalized spacial score (nSPS) is 10.4. The molecule has 3 rings (SSSR count). The van der Waals surface area contributed by atoms with Crippen LogP contribution in [0.1, 0.15) is 16.1 Å². The van der Waals surface area contributed by atoms with E-state index < -0.39 is 11.6 Å². The Balaban J connectivity index is 1.63. The third-order valence-electron chi connectivity index (χ3n) is 3.09. The van der Waals surface area contributed by atoms with Gasteiger partial charge in [0.15, 0.2) is 0 Å². The average molecular weight is 330 g/mol. The number of furan rings is 1. The molecular formula is C16H12F2N4O2. The fourth-order valence-electron chi connectivity index (χ4n) is 1.90. The van der Waals surface area contributed by atoms with Crippen molar-refractivity contribution >= 4 is 17.5 Å². The van der Waals surface area contributed by atoms with Crippen LogP contribution in [0.2, 0.25) is 0 Å². The third kappa shape index (κ3) is 3.72. The molecule has 1 amide bonds. The van der Waals surface area contributed by atoms with Gasteiger partial charge in [0.2, 0.25) is 5.95 Å². The Bertz CT molecular complexity index is 836. The molecule has 3 aromatic rings. The first kappa shape index (κ1) is 15.6. The minimum Gasteiger partial charge on any atom is -0.467 e. The quantitative estimate of drug-likeness (QED) is 0.752. The smallest absolute Gasteiger partial charge is 0.254 e. The first-order valence-electron chi connectivity index (χ1n) is 6.96. The number of carbonyl (C=O) groups is 1. The Kier molecular flexibility index (Phi) is 4.46. The summed E-state index contributed by atoms with van der Waals surface area (Å²) in [6.45, 7) is 0.243. The largest absolute Gasteiger partial charge is 0.467 e. The summed E-state index contributed by atoms with van der Waals surface area (Å²) in [7, 11) is 0. The summed E-state index contributed by atoms with van der Waals surface area (Å²) in [5.41, 5.74) is 0.276. The maximum atomic E-state index is 13.5. The van der Waals surface area contributed by atoms with Crippen LogP contribution in [0.5, 0.6) is 0 Å². The van der Waals surface area contributed by atoms with E-state index in [0.717, 1.165) is 12.1 Å². The molecule has 8 heteroatoms. The zero-order chi connectivity index (χ0) is 16.9. The Labute approximate surface area is 135 Å². The Morgan fingerprint density at radius 1 is 1.17 bits per heavy atom. The van der Waals surface area contributed by atoms with Crippen LogP contribution in [0.15, 0.2) is 53.4 Å². The molecule has 0 radical (unpaired) electrons. The number of halogens is 2. The summed E-state index contributed by atoms with van der Waals surface area (Å²) in [5.74, 6) is -1.11. The van der Waals surface area contributed by atoms with Crippen LogP contribution in [0, 0.1) is 11.6 Å². The van der Waals surface area contributed by atoms with Gasteiger partial charge in [0.1, 0.15) is 17.4 Å². The van der Waals surface area contributed by atoms with Crippen LogP contribution in [0.25, 0.3) is 0 Å². The summed E-state index contributed by atoms with van der Waals surface area (Å²) < 4.78 is 31.5. The average Bonchev–Trinajstić information content (AvgIpc) is 3.09. The summed E-state index contributed by atoms with van der Waals surface area (Å²) in [5, 5.41) is 5.26. The minimum atomic E-state index is -0.765. The number of rotatable bonds is 5. The molecule has 1 aromatic carbocycles. The summed E-state index contributed by atoms with van der Waals surface area (Å²) >= 11 is 0. The van der Waals surface area contributed by atoms with Crippen molar-refractivity contribution in [2.75, 3.05) is 5.32 Å². The van der Waals surface area contributed by atoms with E-state index in [0.29, 0.717) is 5.76 Å². The number of carbonyl (C=O) groups excluding carboxylic acids is 1. The highest BCUT2D eigenvalue weighted by molar-refractivity contribution is 5.93. The molecular weight excluding hydrogens is 318 g/mol. The molecule has 2 aromatic heterocycles. The lowest BCUT2D eigenvalue weighted by Gasteiger charge is -2.07. The van der Waals surface area contributed by atoms with Crippen molar-refractivity contribution in [3.8, 4) is 0 Å². The molecule has 0 spiro atoms. The van der Waals surface area contributed by atoms with Crippen molar-refractivity contribution in [3.05, 3.63) is 71.9 Å². The number of amides is 1. The van der Waals surface area contributed by atoms with E-state index in [-0.39, 0.29) is 29.7 Å². The Morgan fingerprint density at radius 2 is 1.96 bits per heavy atom.